The molecule has 0 radical (unpaired) electrons. The third-order valence-corrected chi connectivity index (χ3v) is 5.42. The predicted octanol–water partition coefficient (Wildman–Crippen LogP) is 3.67. The summed E-state index contributed by atoms with van der Waals surface area (Å²) >= 11 is 0. The molecule has 134 valence electrons. The quantitative estimate of drug-likeness (QED) is 0.525. The van der Waals surface area contributed by atoms with Crippen LogP contribution in [0.15, 0.2) is 84.9 Å². The molecule has 0 aliphatic carbocycles. The molecule has 5 nitrogen and oxygen atoms in total. The molecule has 0 bridgehead atoms. The molecule has 1 fully saturated rings. The fourth-order valence-corrected chi connectivity index (χ4v) is 4.10. The average molecular weight is 365 g/mol. The van der Waals surface area contributed by atoms with E-state index >= 15 is 0 Å². The molecular weight excluding hydrogens is 350 g/mol. The number of hydrogen-bond acceptors (Lipinski definition) is 4. The summed E-state index contributed by atoms with van der Waals surface area (Å²) in [4.78, 5) is 26.1. The smallest absolute Gasteiger partial charge is 0.267 e. The van der Waals surface area contributed by atoms with Crippen LogP contribution >= 0.6 is 0 Å². The number of nitriles is 1. The Bertz CT molecular complexity index is 1100. The zero-order valence-electron chi connectivity index (χ0n) is 14.8. The van der Waals surface area contributed by atoms with Gasteiger partial charge in [0.1, 0.15) is 0 Å². The lowest BCUT2D eigenvalue weighted by Crippen LogP contribution is -2.38. The van der Waals surface area contributed by atoms with E-state index in [0.717, 1.165) is 16.1 Å². The molecule has 2 amide bonds. The van der Waals surface area contributed by atoms with Gasteiger partial charge in [-0.15, -0.1) is 0 Å². The molecular formula is C23H15N3O2. The van der Waals surface area contributed by atoms with E-state index < -0.39 is 23.4 Å². The molecule has 2 aliphatic heterocycles. The average Bonchev–Trinajstić information content (AvgIpc) is 3.37. The minimum absolute atomic E-state index is 0.367. The summed E-state index contributed by atoms with van der Waals surface area (Å²) < 4.78 is 0. The number of hydrazine groups is 1. The summed E-state index contributed by atoms with van der Waals surface area (Å²) in [7, 11) is 0. The standard InChI is InChI=1S/C23H15N3O2/c24-15-23(17-11-5-2-6-12-17)20(16-9-3-1-4-10-16)26(23)25-21(27)18-13-7-8-14-19(18)22(25)28/h1-14,20H/t20-,23-,26?/m0/s1. The number of hydrogen-bond donors (Lipinski definition) is 0. The molecule has 0 saturated carbocycles. The van der Waals surface area contributed by atoms with Crippen LogP contribution < -0.4 is 0 Å². The number of carbonyl (C=O) groups is 2. The van der Waals surface area contributed by atoms with Crippen molar-refractivity contribution >= 4 is 11.8 Å². The number of benzene rings is 3. The van der Waals surface area contributed by atoms with Crippen molar-refractivity contribution in [1.82, 2.24) is 10.0 Å². The largest absolute Gasteiger partial charge is 0.276 e. The molecule has 0 N–H and O–H groups in total. The first kappa shape index (κ1) is 16.4. The second-order valence-corrected chi connectivity index (χ2v) is 6.87. The van der Waals surface area contributed by atoms with Crippen LogP contribution in [0.25, 0.3) is 0 Å². The highest BCUT2D eigenvalue weighted by Crippen LogP contribution is 2.61. The highest BCUT2D eigenvalue weighted by molar-refractivity contribution is 6.21. The highest BCUT2D eigenvalue weighted by Gasteiger charge is 2.71. The van der Waals surface area contributed by atoms with Crippen molar-refractivity contribution in [3.8, 4) is 6.07 Å². The van der Waals surface area contributed by atoms with E-state index in [2.05, 4.69) is 6.07 Å². The van der Waals surface area contributed by atoms with Crippen molar-refractivity contribution in [3.63, 3.8) is 0 Å². The Kier molecular flexibility index (Phi) is 3.45. The third-order valence-electron chi connectivity index (χ3n) is 5.42. The summed E-state index contributed by atoms with van der Waals surface area (Å²) in [6.07, 6.45) is 0. The molecule has 2 heterocycles. The van der Waals surface area contributed by atoms with Gasteiger partial charge in [-0.05, 0) is 23.3 Å². The van der Waals surface area contributed by atoms with Gasteiger partial charge in [-0.3, -0.25) is 9.59 Å². The van der Waals surface area contributed by atoms with E-state index in [0.29, 0.717) is 11.1 Å². The Balaban J connectivity index is 1.67. The van der Waals surface area contributed by atoms with Crippen LogP contribution in [0, 0.1) is 11.3 Å². The highest BCUT2D eigenvalue weighted by atomic mass is 16.2. The summed E-state index contributed by atoms with van der Waals surface area (Å²) in [5, 5.41) is 13.0. The van der Waals surface area contributed by atoms with Gasteiger partial charge < -0.3 is 0 Å². The van der Waals surface area contributed by atoms with Crippen LogP contribution in [-0.4, -0.2) is 21.8 Å². The Morgan fingerprint density at radius 3 is 1.79 bits per heavy atom. The Morgan fingerprint density at radius 2 is 1.25 bits per heavy atom. The fraction of sp³-hybridized carbons (Fsp3) is 0.0870. The molecule has 3 aromatic carbocycles. The predicted molar refractivity (Wildman–Crippen MR) is 102 cm³/mol. The summed E-state index contributed by atoms with van der Waals surface area (Å²) in [6.45, 7) is 0. The number of imide groups is 1. The van der Waals surface area contributed by atoms with Crippen molar-refractivity contribution in [1.29, 1.82) is 5.26 Å². The number of rotatable bonds is 3. The zero-order chi connectivity index (χ0) is 19.3. The van der Waals surface area contributed by atoms with E-state index in [-0.39, 0.29) is 0 Å². The van der Waals surface area contributed by atoms with Gasteiger partial charge in [-0.2, -0.15) is 15.3 Å². The molecule has 1 unspecified atom stereocenters. The monoisotopic (exact) mass is 365 g/mol. The molecule has 28 heavy (non-hydrogen) atoms. The van der Waals surface area contributed by atoms with E-state index in [1.807, 2.05) is 60.7 Å². The van der Waals surface area contributed by atoms with Crippen molar-refractivity contribution in [3.05, 3.63) is 107 Å². The van der Waals surface area contributed by atoms with Crippen molar-refractivity contribution in [2.45, 2.75) is 11.6 Å². The van der Waals surface area contributed by atoms with Crippen LogP contribution in [0.3, 0.4) is 0 Å². The number of amides is 2. The lowest BCUT2D eigenvalue weighted by Gasteiger charge is -2.18. The molecule has 3 atom stereocenters. The molecule has 0 spiro atoms. The third kappa shape index (κ3) is 2.04. The molecule has 2 aliphatic rings. The first-order valence-corrected chi connectivity index (χ1v) is 8.99. The maximum absolute atomic E-state index is 13.1. The van der Waals surface area contributed by atoms with E-state index in [4.69, 9.17) is 0 Å². The van der Waals surface area contributed by atoms with Gasteiger partial charge in [0.05, 0.1) is 23.2 Å². The van der Waals surface area contributed by atoms with Gasteiger partial charge in [-0.1, -0.05) is 72.8 Å². The van der Waals surface area contributed by atoms with Crippen molar-refractivity contribution in [2.24, 2.45) is 0 Å². The van der Waals surface area contributed by atoms with Crippen LogP contribution in [0.4, 0.5) is 0 Å². The lowest BCUT2D eigenvalue weighted by molar-refractivity contribution is 0.0314. The number of fused-ring (bicyclic) bond motifs is 1. The zero-order valence-corrected chi connectivity index (χ0v) is 14.8. The van der Waals surface area contributed by atoms with Gasteiger partial charge in [0, 0.05) is 0 Å². The molecule has 5 heteroatoms. The van der Waals surface area contributed by atoms with Crippen LogP contribution in [0.5, 0.6) is 0 Å². The summed E-state index contributed by atoms with van der Waals surface area (Å²) in [5.41, 5.74) is 1.25. The first-order chi connectivity index (χ1) is 13.7. The van der Waals surface area contributed by atoms with Crippen LogP contribution in [-0.2, 0) is 5.54 Å². The van der Waals surface area contributed by atoms with E-state index in [9.17, 15) is 14.9 Å². The number of nitrogens with zero attached hydrogens (tertiary/aromatic N) is 3. The Labute approximate surface area is 162 Å². The van der Waals surface area contributed by atoms with E-state index in [1.165, 1.54) is 0 Å². The number of carbonyl (C=O) groups excluding carboxylic acids is 2. The van der Waals surface area contributed by atoms with Crippen molar-refractivity contribution in [2.75, 3.05) is 0 Å². The van der Waals surface area contributed by atoms with Gasteiger partial charge in [-0.25, -0.2) is 0 Å². The van der Waals surface area contributed by atoms with Crippen molar-refractivity contribution < 1.29 is 9.59 Å². The maximum Gasteiger partial charge on any atom is 0.276 e. The van der Waals surface area contributed by atoms with Gasteiger partial charge in [0.2, 0.25) is 0 Å². The fourth-order valence-electron chi connectivity index (χ4n) is 4.10. The topological polar surface area (TPSA) is 64.2 Å². The van der Waals surface area contributed by atoms with Crippen LogP contribution in [0.1, 0.15) is 37.9 Å². The molecule has 5 rings (SSSR count). The SMILES string of the molecule is N#C[C@]1(c2ccccc2)[C@H](c2ccccc2)N1N1C(=O)c2ccccc2C1=O. The normalized spacial score (nSPS) is 25.3. The van der Waals surface area contributed by atoms with Gasteiger partial charge in [0.25, 0.3) is 11.8 Å². The molecule has 1 saturated heterocycles. The van der Waals surface area contributed by atoms with Crippen LogP contribution in [0.2, 0.25) is 0 Å². The van der Waals surface area contributed by atoms with Gasteiger partial charge in [0.15, 0.2) is 5.54 Å². The second-order valence-electron chi connectivity index (χ2n) is 6.87. The summed E-state index contributed by atoms with van der Waals surface area (Å²) in [5.74, 6) is -0.788. The Morgan fingerprint density at radius 1 is 0.750 bits per heavy atom. The minimum Gasteiger partial charge on any atom is -0.267 e. The van der Waals surface area contributed by atoms with Gasteiger partial charge >= 0.3 is 0 Å². The Hall–Kier alpha value is -3.75. The molecule has 0 aromatic heterocycles. The maximum atomic E-state index is 13.1. The molecule has 3 aromatic rings. The first-order valence-electron chi connectivity index (χ1n) is 8.99. The van der Waals surface area contributed by atoms with E-state index in [1.54, 1.807) is 29.3 Å². The summed E-state index contributed by atoms with van der Waals surface area (Å²) in [6, 6.07) is 27.5. The second kappa shape index (κ2) is 5.88. The minimum atomic E-state index is -1.12. The lowest BCUT2D eigenvalue weighted by atomic mass is 9.93.